The van der Waals surface area contributed by atoms with Gasteiger partial charge in [0.1, 0.15) is 11.9 Å². The maximum Gasteiger partial charge on any atom is 0.132 e. The second-order valence-electron chi connectivity index (χ2n) is 8.71. The number of aliphatic hydroxyl groups is 2. The van der Waals surface area contributed by atoms with Gasteiger partial charge in [-0.3, -0.25) is 0 Å². The van der Waals surface area contributed by atoms with E-state index in [0.717, 1.165) is 16.9 Å². The standard InChI is InChI=1S/C20H30O3S/c1-19(2,3)11-15(21)17-9-14(13-23-17)10-20(4,5)12-16(22)18-7-6-8-24-18/h6-9,13,15-16,21-22H,10-12H2,1-5H3. The highest BCUT2D eigenvalue weighted by atomic mass is 32.1. The minimum Gasteiger partial charge on any atom is -0.466 e. The monoisotopic (exact) mass is 350 g/mol. The lowest BCUT2D eigenvalue weighted by atomic mass is 9.81. The molecule has 0 aliphatic heterocycles. The molecule has 0 bridgehead atoms. The highest BCUT2D eigenvalue weighted by Gasteiger charge is 2.26. The normalized spacial score (nSPS) is 15.5. The van der Waals surface area contributed by atoms with Gasteiger partial charge in [-0.15, -0.1) is 11.3 Å². The van der Waals surface area contributed by atoms with Crippen LogP contribution in [0.5, 0.6) is 0 Å². The molecule has 4 heteroatoms. The summed E-state index contributed by atoms with van der Waals surface area (Å²) >= 11 is 1.59. The van der Waals surface area contributed by atoms with Crippen molar-refractivity contribution in [3.05, 3.63) is 46.0 Å². The Kier molecular flexibility index (Phi) is 5.95. The lowest BCUT2D eigenvalue weighted by Crippen LogP contribution is -2.18. The van der Waals surface area contributed by atoms with E-state index in [-0.39, 0.29) is 10.8 Å². The summed E-state index contributed by atoms with van der Waals surface area (Å²) in [5.74, 6) is 0.634. The molecule has 0 radical (unpaired) electrons. The molecule has 2 heterocycles. The minimum atomic E-state index is -0.571. The number of hydrogen-bond donors (Lipinski definition) is 2. The molecule has 2 aromatic heterocycles. The van der Waals surface area contributed by atoms with E-state index in [1.165, 1.54) is 0 Å². The second kappa shape index (κ2) is 7.42. The van der Waals surface area contributed by atoms with E-state index in [4.69, 9.17) is 4.42 Å². The Morgan fingerprint density at radius 1 is 1.08 bits per heavy atom. The molecule has 0 saturated carbocycles. The molecule has 0 fully saturated rings. The Bertz CT molecular complexity index is 620. The molecule has 0 aliphatic carbocycles. The van der Waals surface area contributed by atoms with Crippen LogP contribution in [0.3, 0.4) is 0 Å². The van der Waals surface area contributed by atoms with E-state index in [1.807, 2.05) is 23.6 Å². The minimum absolute atomic E-state index is 0.0520. The van der Waals surface area contributed by atoms with Crippen molar-refractivity contribution >= 4 is 11.3 Å². The van der Waals surface area contributed by atoms with Gasteiger partial charge in [-0.1, -0.05) is 40.7 Å². The molecule has 0 aromatic carbocycles. The maximum absolute atomic E-state index is 10.4. The first-order chi connectivity index (χ1) is 11.1. The molecule has 0 spiro atoms. The van der Waals surface area contributed by atoms with Crippen molar-refractivity contribution in [1.29, 1.82) is 0 Å². The molecule has 2 unspecified atom stereocenters. The highest BCUT2D eigenvalue weighted by Crippen LogP contribution is 2.36. The van der Waals surface area contributed by atoms with Crippen LogP contribution in [0.2, 0.25) is 0 Å². The van der Waals surface area contributed by atoms with Crippen LogP contribution in [-0.4, -0.2) is 10.2 Å². The van der Waals surface area contributed by atoms with E-state index in [0.29, 0.717) is 18.6 Å². The number of furan rings is 1. The van der Waals surface area contributed by atoms with Crippen LogP contribution in [0.25, 0.3) is 0 Å². The molecular weight excluding hydrogens is 320 g/mol. The quantitative estimate of drug-likeness (QED) is 0.693. The van der Waals surface area contributed by atoms with Gasteiger partial charge < -0.3 is 14.6 Å². The van der Waals surface area contributed by atoms with E-state index < -0.39 is 12.2 Å². The van der Waals surface area contributed by atoms with Crippen LogP contribution < -0.4 is 0 Å². The van der Waals surface area contributed by atoms with Gasteiger partial charge in [0.2, 0.25) is 0 Å². The van der Waals surface area contributed by atoms with Gasteiger partial charge in [0.05, 0.1) is 12.4 Å². The third-order valence-electron chi connectivity index (χ3n) is 4.11. The van der Waals surface area contributed by atoms with E-state index in [1.54, 1.807) is 17.6 Å². The third kappa shape index (κ3) is 5.76. The van der Waals surface area contributed by atoms with Gasteiger partial charge in [-0.05, 0) is 53.2 Å². The van der Waals surface area contributed by atoms with E-state index in [9.17, 15) is 10.2 Å². The largest absolute Gasteiger partial charge is 0.466 e. The summed E-state index contributed by atoms with van der Waals surface area (Å²) < 4.78 is 5.58. The lowest BCUT2D eigenvalue weighted by Gasteiger charge is -2.26. The van der Waals surface area contributed by atoms with Crippen molar-refractivity contribution in [1.82, 2.24) is 0 Å². The summed E-state index contributed by atoms with van der Waals surface area (Å²) in [6.45, 7) is 10.6. The Morgan fingerprint density at radius 2 is 1.79 bits per heavy atom. The van der Waals surface area contributed by atoms with Gasteiger partial charge in [-0.25, -0.2) is 0 Å². The first-order valence-electron chi connectivity index (χ1n) is 8.53. The molecule has 0 amide bonds. The summed E-state index contributed by atoms with van der Waals surface area (Å²) in [5, 5.41) is 22.7. The molecule has 2 aromatic rings. The molecule has 3 nitrogen and oxygen atoms in total. The number of rotatable bonds is 7. The Hall–Kier alpha value is -1.10. The molecule has 134 valence electrons. The predicted molar refractivity (Wildman–Crippen MR) is 99.1 cm³/mol. The van der Waals surface area contributed by atoms with Crippen molar-refractivity contribution in [2.24, 2.45) is 10.8 Å². The van der Waals surface area contributed by atoms with Gasteiger partial charge in [-0.2, -0.15) is 0 Å². The van der Waals surface area contributed by atoms with Crippen LogP contribution in [0.15, 0.2) is 34.3 Å². The van der Waals surface area contributed by atoms with Crippen molar-refractivity contribution in [2.45, 2.75) is 66.1 Å². The highest BCUT2D eigenvalue weighted by molar-refractivity contribution is 7.10. The SMILES string of the molecule is CC(C)(C)CC(O)c1cc(CC(C)(C)CC(O)c2cccs2)co1. The summed E-state index contributed by atoms with van der Waals surface area (Å²) in [6, 6.07) is 5.90. The van der Waals surface area contributed by atoms with Crippen molar-refractivity contribution in [3.63, 3.8) is 0 Å². The average Bonchev–Trinajstić information content (AvgIpc) is 3.05. The third-order valence-corrected chi connectivity index (χ3v) is 5.08. The van der Waals surface area contributed by atoms with Crippen LogP contribution in [-0.2, 0) is 6.42 Å². The van der Waals surface area contributed by atoms with Gasteiger partial charge >= 0.3 is 0 Å². The van der Waals surface area contributed by atoms with Crippen LogP contribution in [0.4, 0.5) is 0 Å². The lowest BCUT2D eigenvalue weighted by molar-refractivity contribution is 0.101. The van der Waals surface area contributed by atoms with Crippen molar-refractivity contribution in [2.75, 3.05) is 0 Å². The van der Waals surface area contributed by atoms with Crippen LogP contribution in [0, 0.1) is 10.8 Å². The second-order valence-corrected chi connectivity index (χ2v) is 9.69. The fourth-order valence-corrected chi connectivity index (χ4v) is 3.78. The Balaban J connectivity index is 1.97. The predicted octanol–water partition coefficient (Wildman–Crippen LogP) is 5.50. The van der Waals surface area contributed by atoms with Gasteiger partial charge in [0.15, 0.2) is 0 Å². The number of aliphatic hydroxyl groups excluding tert-OH is 2. The van der Waals surface area contributed by atoms with Gasteiger partial charge in [0, 0.05) is 4.88 Å². The summed E-state index contributed by atoms with van der Waals surface area (Å²) in [7, 11) is 0. The molecule has 0 saturated heterocycles. The first-order valence-corrected chi connectivity index (χ1v) is 9.41. The summed E-state index contributed by atoms with van der Waals surface area (Å²) in [6.07, 6.45) is 2.90. The zero-order valence-corrected chi connectivity index (χ0v) is 16.2. The van der Waals surface area contributed by atoms with E-state index >= 15 is 0 Å². The van der Waals surface area contributed by atoms with Crippen molar-refractivity contribution < 1.29 is 14.6 Å². The fourth-order valence-electron chi connectivity index (χ4n) is 3.07. The van der Waals surface area contributed by atoms with E-state index in [2.05, 4.69) is 34.6 Å². The zero-order valence-electron chi connectivity index (χ0n) is 15.4. The number of thiophene rings is 1. The summed E-state index contributed by atoms with van der Waals surface area (Å²) in [4.78, 5) is 1.01. The first kappa shape index (κ1) is 19.2. The Labute approximate surface area is 149 Å². The average molecular weight is 351 g/mol. The topological polar surface area (TPSA) is 53.6 Å². The number of hydrogen-bond acceptors (Lipinski definition) is 4. The zero-order chi connectivity index (χ0) is 18.0. The molecule has 0 aliphatic rings. The Morgan fingerprint density at radius 3 is 2.38 bits per heavy atom. The molecule has 24 heavy (non-hydrogen) atoms. The van der Waals surface area contributed by atoms with Crippen LogP contribution >= 0.6 is 11.3 Å². The fraction of sp³-hybridized carbons (Fsp3) is 0.600. The molecule has 2 N–H and O–H groups in total. The molecule has 2 rings (SSSR count). The van der Waals surface area contributed by atoms with Crippen molar-refractivity contribution in [3.8, 4) is 0 Å². The molecule has 2 atom stereocenters. The smallest absolute Gasteiger partial charge is 0.132 e. The van der Waals surface area contributed by atoms with Gasteiger partial charge in [0.25, 0.3) is 0 Å². The summed E-state index contributed by atoms with van der Waals surface area (Å²) in [5.41, 5.74) is 1.07. The maximum atomic E-state index is 10.4. The van der Waals surface area contributed by atoms with Crippen LogP contribution in [0.1, 0.15) is 75.9 Å². The molecular formula is C20H30O3S.